The quantitative estimate of drug-likeness (QED) is 0.646. The van der Waals surface area contributed by atoms with Gasteiger partial charge < -0.3 is 0 Å². The van der Waals surface area contributed by atoms with Crippen LogP contribution in [0.2, 0.25) is 0 Å². The molecule has 0 atom stereocenters. The van der Waals surface area contributed by atoms with Crippen molar-refractivity contribution in [2.45, 2.75) is 4.58 Å². The first-order valence-electron chi connectivity index (χ1n) is 3.04. The summed E-state index contributed by atoms with van der Waals surface area (Å²) in [6.45, 7) is 0. The molecule has 0 aliphatic carbocycles. The summed E-state index contributed by atoms with van der Waals surface area (Å²) < 4.78 is 0.331. The van der Waals surface area contributed by atoms with Gasteiger partial charge in [0.1, 0.15) is 17.2 Å². The van der Waals surface area contributed by atoms with Gasteiger partial charge in [-0.2, -0.15) is 0 Å². The molecule has 1 aliphatic heterocycles. The third-order valence-electron chi connectivity index (χ3n) is 1.18. The Kier molecular flexibility index (Phi) is 4.60. The first-order chi connectivity index (χ1) is 5.47. The van der Waals surface area contributed by atoms with Crippen LogP contribution in [0.4, 0.5) is 0 Å². The monoisotopic (exact) mass is 207 g/mol. The molecule has 3 nitrogen and oxygen atoms in total. The van der Waals surface area contributed by atoms with Crippen LogP contribution in [0.3, 0.4) is 0 Å². The van der Waals surface area contributed by atoms with Crippen molar-refractivity contribution in [3.05, 3.63) is 29.3 Å². The Bertz CT molecular complexity index is 259. The Morgan fingerprint density at radius 1 is 1.08 bits per heavy atom. The van der Waals surface area contributed by atoms with E-state index in [0.717, 1.165) is 5.82 Å². The van der Waals surface area contributed by atoms with Crippen molar-refractivity contribution in [3.8, 4) is 0 Å². The first-order valence-corrected chi connectivity index (χ1v) is 4.93. The zero-order chi connectivity index (χ0) is 7.52. The minimum absolute atomic E-state index is 0. The van der Waals surface area contributed by atoms with Crippen LogP contribution in [0.25, 0.3) is 0 Å². The van der Waals surface area contributed by atoms with E-state index in [1.807, 2.05) is 0 Å². The van der Waals surface area contributed by atoms with Gasteiger partial charge in [-0.05, 0) is 10.8 Å². The summed E-state index contributed by atoms with van der Waals surface area (Å²) in [5.41, 5.74) is 0. The van der Waals surface area contributed by atoms with E-state index in [9.17, 15) is 0 Å². The Morgan fingerprint density at radius 3 is 2.25 bits per heavy atom. The van der Waals surface area contributed by atoms with Gasteiger partial charge in [-0.25, -0.2) is 15.0 Å². The molecule has 1 aliphatic rings. The number of hydrogen-bond acceptors (Lipinski definition) is 5. The molecule has 0 aromatic carbocycles. The Balaban J connectivity index is 0.000000720. The van der Waals surface area contributed by atoms with Crippen LogP contribution < -0.4 is 0 Å². The molecule has 12 heavy (non-hydrogen) atoms. The van der Waals surface area contributed by atoms with Gasteiger partial charge in [0.25, 0.3) is 0 Å². The third kappa shape index (κ3) is 2.47. The SMILES string of the molecule is C1=CSC(c2ncncn2)S1.[NaH]. The summed E-state index contributed by atoms with van der Waals surface area (Å²) in [6, 6.07) is 0. The Labute approximate surface area is 101 Å². The first kappa shape index (κ1) is 10.5. The summed E-state index contributed by atoms with van der Waals surface area (Å²) in [7, 11) is 0. The fraction of sp³-hybridized carbons (Fsp3) is 0.167. The molecule has 0 unspecified atom stereocenters. The molecule has 0 saturated carbocycles. The molecule has 2 heterocycles. The number of aromatic nitrogens is 3. The molecule has 2 rings (SSSR count). The van der Waals surface area contributed by atoms with E-state index in [1.165, 1.54) is 12.7 Å². The van der Waals surface area contributed by atoms with Crippen molar-refractivity contribution >= 4 is 53.1 Å². The Morgan fingerprint density at radius 2 is 1.67 bits per heavy atom. The topological polar surface area (TPSA) is 38.7 Å². The van der Waals surface area contributed by atoms with E-state index in [4.69, 9.17) is 0 Å². The van der Waals surface area contributed by atoms with Crippen molar-refractivity contribution in [1.82, 2.24) is 15.0 Å². The normalized spacial score (nSPS) is 16.0. The van der Waals surface area contributed by atoms with Crippen LogP contribution >= 0.6 is 23.5 Å². The van der Waals surface area contributed by atoms with Gasteiger partial charge in [0, 0.05) is 0 Å². The van der Waals surface area contributed by atoms with Crippen molar-refractivity contribution in [1.29, 1.82) is 0 Å². The second-order valence-corrected chi connectivity index (χ2v) is 4.20. The molecule has 0 bridgehead atoms. The van der Waals surface area contributed by atoms with E-state index in [2.05, 4.69) is 25.8 Å². The van der Waals surface area contributed by atoms with Gasteiger partial charge in [-0.15, -0.1) is 23.5 Å². The summed E-state index contributed by atoms with van der Waals surface area (Å²) in [5.74, 6) is 0.847. The van der Waals surface area contributed by atoms with E-state index in [1.54, 1.807) is 23.5 Å². The minimum atomic E-state index is 0. The summed E-state index contributed by atoms with van der Waals surface area (Å²) in [4.78, 5) is 11.9. The number of nitrogens with zero attached hydrogens (tertiary/aromatic N) is 3. The third-order valence-corrected chi connectivity index (χ3v) is 3.53. The summed E-state index contributed by atoms with van der Waals surface area (Å²) in [6.07, 6.45) is 3.06. The van der Waals surface area contributed by atoms with E-state index >= 15 is 0 Å². The fourth-order valence-electron chi connectivity index (χ4n) is 0.730. The summed E-state index contributed by atoms with van der Waals surface area (Å²) in [5, 5.41) is 4.11. The standard InChI is InChI=1S/C6H5N3S2.Na.H/c1-2-11-6(10-1)5-8-3-7-4-9-5;;/h1-4,6H;;. The van der Waals surface area contributed by atoms with E-state index in [-0.39, 0.29) is 29.6 Å². The zero-order valence-electron chi connectivity index (χ0n) is 5.54. The maximum absolute atomic E-state index is 4.06. The van der Waals surface area contributed by atoms with Gasteiger partial charge in [0.15, 0.2) is 5.82 Å². The van der Waals surface area contributed by atoms with Gasteiger partial charge in [0.2, 0.25) is 0 Å². The molecule has 6 heteroatoms. The number of thioether (sulfide) groups is 2. The van der Waals surface area contributed by atoms with E-state index in [0.29, 0.717) is 4.58 Å². The number of hydrogen-bond donors (Lipinski definition) is 0. The maximum atomic E-state index is 4.06. The van der Waals surface area contributed by atoms with Crippen LogP contribution in [0, 0.1) is 0 Å². The molecule has 0 saturated heterocycles. The fourth-order valence-corrected chi connectivity index (χ4v) is 2.66. The second-order valence-electron chi connectivity index (χ2n) is 1.87. The Hall–Kier alpha value is 0.450. The van der Waals surface area contributed by atoms with Crippen LogP contribution in [0.1, 0.15) is 10.4 Å². The molecular formula is C6H6N3NaS2. The zero-order valence-corrected chi connectivity index (χ0v) is 7.18. The predicted molar refractivity (Wildman–Crippen MR) is 54.0 cm³/mol. The van der Waals surface area contributed by atoms with Crippen molar-refractivity contribution in [3.63, 3.8) is 0 Å². The second kappa shape index (κ2) is 5.24. The van der Waals surface area contributed by atoms with Crippen LogP contribution in [0.5, 0.6) is 0 Å². The van der Waals surface area contributed by atoms with Crippen molar-refractivity contribution < 1.29 is 0 Å². The van der Waals surface area contributed by atoms with Crippen LogP contribution in [-0.4, -0.2) is 44.5 Å². The molecule has 1 aromatic heterocycles. The summed E-state index contributed by atoms with van der Waals surface area (Å²) >= 11 is 3.45. The molecule has 0 N–H and O–H groups in total. The molecular weight excluding hydrogens is 201 g/mol. The average Bonchev–Trinajstić information content (AvgIpc) is 2.58. The molecule has 1 aromatic rings. The molecule has 58 valence electrons. The van der Waals surface area contributed by atoms with Crippen LogP contribution in [0.15, 0.2) is 23.5 Å². The van der Waals surface area contributed by atoms with Crippen molar-refractivity contribution in [2.24, 2.45) is 0 Å². The average molecular weight is 207 g/mol. The van der Waals surface area contributed by atoms with Crippen molar-refractivity contribution in [2.75, 3.05) is 0 Å². The van der Waals surface area contributed by atoms with Gasteiger partial charge >= 0.3 is 29.6 Å². The molecule has 0 amide bonds. The molecule has 0 fully saturated rings. The molecule has 0 radical (unpaired) electrons. The van der Waals surface area contributed by atoms with Gasteiger partial charge in [-0.1, -0.05) is 0 Å². The van der Waals surface area contributed by atoms with Gasteiger partial charge in [-0.3, -0.25) is 0 Å². The van der Waals surface area contributed by atoms with Gasteiger partial charge in [0.05, 0.1) is 0 Å². The predicted octanol–water partition coefficient (Wildman–Crippen LogP) is 1.17. The van der Waals surface area contributed by atoms with E-state index < -0.39 is 0 Å². The number of rotatable bonds is 1. The van der Waals surface area contributed by atoms with Crippen LogP contribution in [-0.2, 0) is 0 Å². The molecule has 0 spiro atoms.